The molecule has 1 saturated heterocycles. The molecule has 4 nitrogen and oxygen atoms in total. The van der Waals surface area contributed by atoms with Gasteiger partial charge in [-0.25, -0.2) is 4.79 Å². The standard InChI is InChI=1S/C17H25NO3/c1-2-15-6-3-4-11-18(15)12-5-13-21-16-9-7-14(8-10-16)17(19)20/h7-10,15H,2-6,11-13H2,1H3,(H,19,20)/t15-/m0/s1. The molecule has 0 bridgehead atoms. The highest BCUT2D eigenvalue weighted by atomic mass is 16.5. The Hall–Kier alpha value is -1.55. The lowest BCUT2D eigenvalue weighted by Crippen LogP contribution is -2.40. The molecule has 1 aromatic carbocycles. The van der Waals surface area contributed by atoms with E-state index in [4.69, 9.17) is 9.84 Å². The molecule has 1 atom stereocenters. The minimum Gasteiger partial charge on any atom is -0.494 e. The van der Waals surface area contributed by atoms with Crippen LogP contribution in [-0.2, 0) is 0 Å². The summed E-state index contributed by atoms with van der Waals surface area (Å²) in [6.07, 6.45) is 6.25. The highest BCUT2D eigenvalue weighted by Gasteiger charge is 2.19. The number of carbonyl (C=O) groups is 1. The van der Waals surface area contributed by atoms with Crippen molar-refractivity contribution in [2.24, 2.45) is 0 Å². The maximum absolute atomic E-state index is 10.8. The van der Waals surface area contributed by atoms with E-state index in [1.807, 2.05) is 0 Å². The zero-order valence-corrected chi connectivity index (χ0v) is 12.8. The first-order valence-electron chi connectivity index (χ1n) is 7.91. The predicted molar refractivity (Wildman–Crippen MR) is 83.0 cm³/mol. The highest BCUT2D eigenvalue weighted by Crippen LogP contribution is 2.19. The molecule has 0 radical (unpaired) electrons. The van der Waals surface area contributed by atoms with Crippen LogP contribution in [0.15, 0.2) is 24.3 Å². The maximum Gasteiger partial charge on any atom is 0.335 e. The van der Waals surface area contributed by atoms with Crippen molar-refractivity contribution in [2.45, 2.75) is 45.1 Å². The summed E-state index contributed by atoms with van der Waals surface area (Å²) in [4.78, 5) is 13.3. The normalized spacial score (nSPS) is 19.4. The lowest BCUT2D eigenvalue weighted by Gasteiger charge is -2.35. The molecule has 1 aliphatic heterocycles. The summed E-state index contributed by atoms with van der Waals surface area (Å²) >= 11 is 0. The van der Waals surface area contributed by atoms with E-state index in [-0.39, 0.29) is 0 Å². The zero-order valence-electron chi connectivity index (χ0n) is 12.8. The van der Waals surface area contributed by atoms with Crippen molar-refractivity contribution in [3.63, 3.8) is 0 Å². The number of rotatable bonds is 7. The number of carboxylic acids is 1. The van der Waals surface area contributed by atoms with Gasteiger partial charge in [0.25, 0.3) is 0 Å². The molecule has 2 rings (SSSR count). The van der Waals surface area contributed by atoms with Crippen molar-refractivity contribution in [1.82, 2.24) is 4.90 Å². The van der Waals surface area contributed by atoms with E-state index in [0.29, 0.717) is 12.2 Å². The number of carboxylic acid groups (broad SMARTS) is 1. The minimum atomic E-state index is -0.905. The van der Waals surface area contributed by atoms with Crippen molar-refractivity contribution in [3.8, 4) is 5.75 Å². The molecule has 1 aromatic rings. The van der Waals surface area contributed by atoms with Gasteiger partial charge in [-0.3, -0.25) is 0 Å². The van der Waals surface area contributed by atoms with Crippen LogP contribution in [-0.4, -0.2) is 41.7 Å². The Morgan fingerprint density at radius 2 is 2.10 bits per heavy atom. The Kier molecular flexibility index (Phi) is 6.05. The summed E-state index contributed by atoms with van der Waals surface area (Å²) in [7, 11) is 0. The van der Waals surface area contributed by atoms with Gasteiger partial charge in [0.15, 0.2) is 0 Å². The number of piperidine rings is 1. The van der Waals surface area contributed by atoms with E-state index in [1.165, 1.54) is 32.2 Å². The molecule has 116 valence electrons. The SMILES string of the molecule is CC[C@H]1CCCCN1CCCOc1ccc(C(=O)O)cc1. The number of likely N-dealkylation sites (tertiary alicyclic amines) is 1. The summed E-state index contributed by atoms with van der Waals surface area (Å²) in [5.41, 5.74) is 0.293. The Morgan fingerprint density at radius 1 is 1.33 bits per heavy atom. The Labute approximate surface area is 126 Å². The Morgan fingerprint density at radius 3 is 2.76 bits per heavy atom. The zero-order chi connectivity index (χ0) is 15.1. The molecule has 0 spiro atoms. The van der Waals surface area contributed by atoms with Crippen LogP contribution in [0.2, 0.25) is 0 Å². The average Bonchev–Trinajstić information content (AvgIpc) is 2.52. The van der Waals surface area contributed by atoms with Crippen LogP contribution in [0.25, 0.3) is 0 Å². The van der Waals surface area contributed by atoms with Gasteiger partial charge in [-0.2, -0.15) is 0 Å². The van der Waals surface area contributed by atoms with Crippen molar-refractivity contribution in [3.05, 3.63) is 29.8 Å². The molecule has 1 N–H and O–H groups in total. The van der Waals surface area contributed by atoms with Gasteiger partial charge in [-0.1, -0.05) is 13.3 Å². The summed E-state index contributed by atoms with van der Waals surface area (Å²) in [6.45, 7) is 5.25. The number of hydrogen-bond donors (Lipinski definition) is 1. The summed E-state index contributed by atoms with van der Waals surface area (Å²) in [5, 5.41) is 8.84. The average molecular weight is 291 g/mol. The molecule has 0 aromatic heterocycles. The third-order valence-electron chi connectivity index (χ3n) is 4.18. The van der Waals surface area contributed by atoms with Crippen molar-refractivity contribution < 1.29 is 14.6 Å². The second-order valence-corrected chi connectivity index (χ2v) is 5.63. The first-order valence-corrected chi connectivity index (χ1v) is 7.91. The van der Waals surface area contributed by atoms with E-state index in [1.54, 1.807) is 24.3 Å². The van der Waals surface area contributed by atoms with Crippen molar-refractivity contribution in [2.75, 3.05) is 19.7 Å². The third kappa shape index (κ3) is 4.74. The molecule has 0 amide bonds. The van der Waals surface area contributed by atoms with Crippen LogP contribution >= 0.6 is 0 Å². The number of hydrogen-bond acceptors (Lipinski definition) is 3. The number of aromatic carboxylic acids is 1. The second kappa shape index (κ2) is 8.03. The quantitative estimate of drug-likeness (QED) is 0.782. The van der Waals surface area contributed by atoms with Gasteiger partial charge in [0, 0.05) is 12.6 Å². The van der Waals surface area contributed by atoms with Gasteiger partial charge in [0.05, 0.1) is 12.2 Å². The topological polar surface area (TPSA) is 49.8 Å². The lowest BCUT2D eigenvalue weighted by atomic mass is 10.00. The number of ether oxygens (including phenoxy) is 1. The van der Waals surface area contributed by atoms with E-state index in [2.05, 4.69) is 11.8 Å². The van der Waals surface area contributed by atoms with Crippen LogP contribution in [0, 0.1) is 0 Å². The summed E-state index contributed by atoms with van der Waals surface area (Å²) in [6, 6.07) is 7.34. The molecule has 4 heteroatoms. The number of nitrogens with zero attached hydrogens (tertiary/aromatic N) is 1. The Balaban J connectivity index is 1.70. The molecule has 1 heterocycles. The molecule has 21 heavy (non-hydrogen) atoms. The fraction of sp³-hybridized carbons (Fsp3) is 0.588. The van der Waals surface area contributed by atoms with Gasteiger partial charge in [-0.05, 0) is 56.5 Å². The highest BCUT2D eigenvalue weighted by molar-refractivity contribution is 5.87. The fourth-order valence-corrected chi connectivity index (χ4v) is 2.97. The van der Waals surface area contributed by atoms with Crippen LogP contribution in [0.5, 0.6) is 5.75 Å². The molecule has 0 aliphatic carbocycles. The van der Waals surface area contributed by atoms with E-state index < -0.39 is 5.97 Å². The first-order chi connectivity index (χ1) is 10.2. The molecular formula is C17H25NO3. The Bertz CT molecular complexity index is 444. The van der Waals surface area contributed by atoms with E-state index in [9.17, 15) is 4.79 Å². The lowest BCUT2D eigenvalue weighted by molar-refractivity contribution is 0.0697. The summed E-state index contributed by atoms with van der Waals surface area (Å²) < 4.78 is 5.68. The van der Waals surface area contributed by atoms with Crippen molar-refractivity contribution in [1.29, 1.82) is 0 Å². The van der Waals surface area contributed by atoms with Crippen LogP contribution in [0.3, 0.4) is 0 Å². The smallest absolute Gasteiger partial charge is 0.335 e. The largest absolute Gasteiger partial charge is 0.494 e. The van der Waals surface area contributed by atoms with E-state index in [0.717, 1.165) is 24.8 Å². The molecule has 1 aliphatic rings. The van der Waals surface area contributed by atoms with Gasteiger partial charge in [0.2, 0.25) is 0 Å². The number of benzene rings is 1. The predicted octanol–water partition coefficient (Wildman–Crippen LogP) is 3.42. The van der Waals surface area contributed by atoms with Gasteiger partial charge in [0.1, 0.15) is 5.75 Å². The van der Waals surface area contributed by atoms with Crippen LogP contribution < -0.4 is 4.74 Å². The minimum absolute atomic E-state index is 0.293. The van der Waals surface area contributed by atoms with Crippen LogP contribution in [0.4, 0.5) is 0 Å². The summed E-state index contributed by atoms with van der Waals surface area (Å²) in [5.74, 6) is -0.164. The second-order valence-electron chi connectivity index (χ2n) is 5.63. The van der Waals surface area contributed by atoms with Gasteiger partial charge in [-0.15, -0.1) is 0 Å². The molecule has 0 unspecified atom stereocenters. The van der Waals surface area contributed by atoms with Gasteiger partial charge < -0.3 is 14.7 Å². The molecular weight excluding hydrogens is 266 g/mol. The maximum atomic E-state index is 10.8. The first kappa shape index (κ1) is 15.8. The third-order valence-corrected chi connectivity index (χ3v) is 4.18. The molecule has 1 fully saturated rings. The van der Waals surface area contributed by atoms with Crippen molar-refractivity contribution >= 4 is 5.97 Å². The monoisotopic (exact) mass is 291 g/mol. The molecule has 0 saturated carbocycles. The van der Waals surface area contributed by atoms with E-state index >= 15 is 0 Å². The van der Waals surface area contributed by atoms with Crippen LogP contribution in [0.1, 0.15) is 49.4 Å². The van der Waals surface area contributed by atoms with Gasteiger partial charge >= 0.3 is 5.97 Å². The fourth-order valence-electron chi connectivity index (χ4n) is 2.97.